The molecule has 98 valence electrons. The molecule has 0 aliphatic carbocycles. The fraction of sp³-hybridized carbons (Fsp3) is 0.917. The molecule has 4 heteroatoms. The van der Waals surface area contributed by atoms with Crippen LogP contribution in [-0.2, 0) is 0 Å². The van der Waals surface area contributed by atoms with Gasteiger partial charge in [0.05, 0.1) is 0 Å². The van der Waals surface area contributed by atoms with Gasteiger partial charge in [-0.2, -0.15) is 5.10 Å². The van der Waals surface area contributed by atoms with Crippen molar-refractivity contribution in [3.8, 4) is 0 Å². The first-order chi connectivity index (χ1) is 7.29. The Balaban J connectivity index is 0. The van der Waals surface area contributed by atoms with Crippen molar-refractivity contribution in [2.24, 2.45) is 16.9 Å². The van der Waals surface area contributed by atoms with E-state index in [0.717, 1.165) is 6.42 Å². The maximum atomic E-state index is 4.92. The van der Waals surface area contributed by atoms with Crippen molar-refractivity contribution in [3.63, 3.8) is 0 Å². The molecule has 4 N–H and O–H groups in total. The van der Waals surface area contributed by atoms with Crippen molar-refractivity contribution in [2.75, 3.05) is 0 Å². The average Bonchev–Trinajstić information content (AvgIpc) is 2.14. The fourth-order valence-electron chi connectivity index (χ4n) is 0.876. The van der Waals surface area contributed by atoms with Gasteiger partial charge in [0.2, 0.25) is 0 Å². The van der Waals surface area contributed by atoms with Crippen LogP contribution in [0, 0.1) is 5.92 Å². The Hall–Kier alpha value is -0.610. The van der Waals surface area contributed by atoms with Crippen LogP contribution in [0.4, 0.5) is 0 Å². The third-order valence-electron chi connectivity index (χ3n) is 1.55. The normalized spacial score (nSPS) is 11.8. The predicted octanol–water partition coefficient (Wildman–Crippen LogP) is 2.26. The number of nitrogens with two attached hydrogens (primary N) is 1. The van der Waals surface area contributed by atoms with Gasteiger partial charge in [0, 0.05) is 17.8 Å². The summed E-state index contributed by atoms with van der Waals surface area (Å²) in [5.41, 5.74) is 6.75. The van der Waals surface area contributed by atoms with E-state index in [0.29, 0.717) is 18.0 Å². The molecule has 0 spiro atoms. The smallest absolute Gasteiger partial charge is 0.0383 e. The summed E-state index contributed by atoms with van der Waals surface area (Å²) in [6.07, 6.45) is 1.08. The molecule has 0 aromatic carbocycles. The van der Waals surface area contributed by atoms with Crippen molar-refractivity contribution >= 4 is 5.71 Å². The number of hydrazone groups is 1. The van der Waals surface area contributed by atoms with Crippen LogP contribution in [0.5, 0.6) is 0 Å². The number of hydrogen-bond acceptors (Lipinski definition) is 4. The third-order valence-corrected chi connectivity index (χ3v) is 1.55. The number of nitrogens with one attached hydrogen (secondary N) is 2. The average molecular weight is 230 g/mol. The lowest BCUT2D eigenvalue weighted by atomic mass is 10.1. The Morgan fingerprint density at radius 3 is 1.75 bits per heavy atom. The lowest BCUT2D eigenvalue weighted by Crippen LogP contribution is -2.29. The Bertz CT molecular complexity index is 174. The van der Waals surface area contributed by atoms with Crippen LogP contribution in [0.1, 0.15) is 54.9 Å². The van der Waals surface area contributed by atoms with Gasteiger partial charge in [-0.3, -0.25) is 11.3 Å². The van der Waals surface area contributed by atoms with Gasteiger partial charge in [-0.15, -0.1) is 0 Å². The number of nitrogens with zero attached hydrogens (tertiary/aromatic N) is 1. The van der Waals surface area contributed by atoms with Gasteiger partial charge in [0.25, 0.3) is 0 Å². The summed E-state index contributed by atoms with van der Waals surface area (Å²) in [6, 6.07) is 0.854. The highest BCUT2D eigenvalue weighted by Crippen LogP contribution is 2.00. The van der Waals surface area contributed by atoms with Crippen molar-refractivity contribution in [3.05, 3.63) is 0 Å². The van der Waals surface area contributed by atoms with Crippen LogP contribution < -0.4 is 16.7 Å². The molecule has 0 fully saturated rings. The van der Waals surface area contributed by atoms with E-state index >= 15 is 0 Å². The van der Waals surface area contributed by atoms with E-state index in [9.17, 15) is 0 Å². The van der Waals surface area contributed by atoms with Gasteiger partial charge < -0.3 is 5.43 Å². The molecule has 16 heavy (non-hydrogen) atoms. The zero-order valence-corrected chi connectivity index (χ0v) is 12.0. The fourth-order valence-corrected chi connectivity index (χ4v) is 0.876. The molecule has 0 bridgehead atoms. The maximum absolute atomic E-state index is 4.92. The molecule has 0 aromatic rings. The van der Waals surface area contributed by atoms with Gasteiger partial charge in [-0.25, -0.2) is 0 Å². The summed E-state index contributed by atoms with van der Waals surface area (Å²) >= 11 is 0. The van der Waals surface area contributed by atoms with E-state index in [-0.39, 0.29) is 0 Å². The van der Waals surface area contributed by atoms with Crippen LogP contribution in [0.3, 0.4) is 0 Å². The molecule has 0 heterocycles. The SMILES string of the molecule is CC(C)NN.CC(CC(C)C)=NNC(C)C. The molecule has 0 aliphatic rings. The van der Waals surface area contributed by atoms with Crippen LogP contribution in [0.2, 0.25) is 0 Å². The lowest BCUT2D eigenvalue weighted by Gasteiger charge is -2.07. The van der Waals surface area contributed by atoms with Crippen molar-refractivity contribution in [1.29, 1.82) is 0 Å². The first kappa shape index (κ1) is 17.8. The molecular weight excluding hydrogens is 200 g/mol. The van der Waals surface area contributed by atoms with E-state index in [2.05, 4.69) is 50.6 Å². The van der Waals surface area contributed by atoms with Gasteiger partial charge in [0.15, 0.2) is 0 Å². The van der Waals surface area contributed by atoms with Crippen LogP contribution >= 0.6 is 0 Å². The van der Waals surface area contributed by atoms with Gasteiger partial charge in [-0.1, -0.05) is 13.8 Å². The lowest BCUT2D eigenvalue weighted by molar-refractivity contribution is 0.609. The molecule has 0 amide bonds. The molecule has 0 atom stereocenters. The standard InChI is InChI=1S/C9H20N2.C3H10N2/c1-7(2)6-9(5)11-10-8(3)4;1-3(2)5-4/h7-8,10H,6H2,1-5H3;3,5H,4H2,1-2H3. The topological polar surface area (TPSA) is 62.4 Å². The van der Waals surface area contributed by atoms with Gasteiger partial charge in [0.1, 0.15) is 0 Å². The molecule has 0 rings (SSSR count). The second-order valence-electron chi connectivity index (χ2n) is 5.05. The Morgan fingerprint density at radius 2 is 1.50 bits per heavy atom. The molecule has 0 saturated carbocycles. The summed E-state index contributed by atoms with van der Waals surface area (Å²) in [5.74, 6) is 5.62. The van der Waals surface area contributed by atoms with Crippen molar-refractivity contribution < 1.29 is 0 Å². The largest absolute Gasteiger partial charge is 0.308 e. The minimum absolute atomic E-state index is 0.412. The van der Waals surface area contributed by atoms with Crippen LogP contribution in [0.15, 0.2) is 5.10 Å². The Morgan fingerprint density at radius 1 is 1.06 bits per heavy atom. The zero-order valence-electron chi connectivity index (χ0n) is 12.0. The molecule has 0 radical (unpaired) electrons. The quantitative estimate of drug-likeness (QED) is 0.386. The summed E-state index contributed by atoms with van der Waals surface area (Å²) in [5, 5.41) is 4.23. The number of hydrogen-bond donors (Lipinski definition) is 3. The van der Waals surface area contributed by atoms with E-state index in [1.54, 1.807) is 0 Å². The number of hydrazine groups is 1. The molecule has 0 saturated heterocycles. The van der Waals surface area contributed by atoms with Crippen molar-refractivity contribution in [1.82, 2.24) is 10.9 Å². The minimum Gasteiger partial charge on any atom is -0.308 e. The Kier molecular flexibility index (Phi) is 12.1. The first-order valence-electron chi connectivity index (χ1n) is 6.04. The predicted molar refractivity (Wildman–Crippen MR) is 73.3 cm³/mol. The van der Waals surface area contributed by atoms with E-state index in [1.165, 1.54) is 5.71 Å². The monoisotopic (exact) mass is 230 g/mol. The molecule has 0 unspecified atom stereocenters. The maximum Gasteiger partial charge on any atom is 0.0383 e. The van der Waals surface area contributed by atoms with Gasteiger partial charge in [-0.05, 0) is 47.0 Å². The second kappa shape index (κ2) is 10.9. The summed E-state index contributed by atoms with van der Waals surface area (Å²) in [7, 11) is 0. The number of rotatable bonds is 5. The van der Waals surface area contributed by atoms with Crippen molar-refractivity contribution in [2.45, 2.75) is 67.0 Å². The molecule has 0 aromatic heterocycles. The molecule has 4 nitrogen and oxygen atoms in total. The molecule has 0 aliphatic heterocycles. The van der Waals surface area contributed by atoms with Crippen LogP contribution in [-0.4, -0.2) is 17.8 Å². The summed E-state index contributed by atoms with van der Waals surface area (Å²) < 4.78 is 0. The summed E-state index contributed by atoms with van der Waals surface area (Å²) in [4.78, 5) is 0. The van der Waals surface area contributed by atoms with E-state index in [4.69, 9.17) is 5.84 Å². The van der Waals surface area contributed by atoms with E-state index < -0.39 is 0 Å². The minimum atomic E-state index is 0.412. The second-order valence-corrected chi connectivity index (χ2v) is 5.05. The van der Waals surface area contributed by atoms with Crippen LogP contribution in [0.25, 0.3) is 0 Å². The highest BCUT2D eigenvalue weighted by atomic mass is 15.3. The highest BCUT2D eigenvalue weighted by molar-refractivity contribution is 5.81. The van der Waals surface area contributed by atoms with Gasteiger partial charge >= 0.3 is 0 Å². The highest BCUT2D eigenvalue weighted by Gasteiger charge is 1.96. The van der Waals surface area contributed by atoms with E-state index in [1.807, 2.05) is 13.8 Å². The third kappa shape index (κ3) is 19.0. The summed E-state index contributed by atoms with van der Waals surface area (Å²) in [6.45, 7) is 14.6. The Labute approximate surface area is 101 Å². The first-order valence-corrected chi connectivity index (χ1v) is 6.04. The zero-order chi connectivity index (χ0) is 13.1. The molecular formula is C12H30N4.